The Labute approximate surface area is 153 Å². The second-order valence-corrected chi connectivity index (χ2v) is 6.98. The maximum Gasteiger partial charge on any atom is 0.326 e. The summed E-state index contributed by atoms with van der Waals surface area (Å²) in [5.74, 6) is -1.16. The van der Waals surface area contributed by atoms with Crippen molar-refractivity contribution in [1.29, 1.82) is 0 Å². The molecule has 1 aromatic carbocycles. The van der Waals surface area contributed by atoms with Gasteiger partial charge in [-0.15, -0.1) is 0 Å². The molecular formula is C16H15Cl2NO4S. The molecule has 1 fully saturated rings. The predicted octanol–water partition coefficient (Wildman–Crippen LogP) is 4.37. The Morgan fingerprint density at radius 1 is 1.38 bits per heavy atom. The van der Waals surface area contributed by atoms with E-state index in [1.807, 2.05) is 6.92 Å². The molecule has 1 aromatic rings. The molecule has 1 atom stereocenters. The van der Waals surface area contributed by atoms with Crippen molar-refractivity contribution in [1.82, 2.24) is 4.90 Å². The lowest BCUT2D eigenvalue weighted by Crippen LogP contribution is -2.35. The Morgan fingerprint density at radius 3 is 2.71 bits per heavy atom. The van der Waals surface area contributed by atoms with Crippen molar-refractivity contribution in [2.45, 2.75) is 26.4 Å². The third-order valence-electron chi connectivity index (χ3n) is 3.32. The Balaban J connectivity index is 2.13. The van der Waals surface area contributed by atoms with Crippen LogP contribution in [0.4, 0.5) is 4.79 Å². The summed E-state index contributed by atoms with van der Waals surface area (Å²) in [5, 5.41) is 0.320. The van der Waals surface area contributed by atoms with Crippen LogP contribution in [0.25, 0.3) is 6.08 Å². The van der Waals surface area contributed by atoms with Crippen molar-refractivity contribution in [3.63, 3.8) is 0 Å². The highest BCUT2D eigenvalue weighted by atomic mass is 35.5. The van der Waals surface area contributed by atoms with E-state index in [2.05, 4.69) is 0 Å². The zero-order chi connectivity index (χ0) is 17.9. The number of amides is 2. The first-order chi connectivity index (χ1) is 11.3. The number of esters is 1. The van der Waals surface area contributed by atoms with Gasteiger partial charge in [-0.25, -0.2) is 0 Å². The largest absolute Gasteiger partial charge is 0.461 e. The minimum atomic E-state index is -0.613. The van der Waals surface area contributed by atoms with Crippen molar-refractivity contribution >= 4 is 58.2 Å². The van der Waals surface area contributed by atoms with E-state index in [0.717, 1.165) is 16.7 Å². The van der Waals surface area contributed by atoms with Crippen LogP contribution in [0.5, 0.6) is 0 Å². The fourth-order valence-electron chi connectivity index (χ4n) is 1.87. The molecule has 0 bridgehead atoms. The monoisotopic (exact) mass is 387 g/mol. The first-order valence-corrected chi connectivity index (χ1v) is 8.79. The summed E-state index contributed by atoms with van der Waals surface area (Å²) in [7, 11) is 0. The summed E-state index contributed by atoms with van der Waals surface area (Å²) in [6.45, 7) is 3.21. The van der Waals surface area contributed by atoms with Gasteiger partial charge in [-0.1, -0.05) is 36.2 Å². The molecule has 1 heterocycles. The molecule has 1 aliphatic heterocycles. The lowest BCUT2D eigenvalue weighted by Gasteiger charge is -2.14. The van der Waals surface area contributed by atoms with E-state index in [9.17, 15) is 14.4 Å². The van der Waals surface area contributed by atoms with E-state index in [1.54, 1.807) is 25.1 Å². The summed E-state index contributed by atoms with van der Waals surface area (Å²) in [5.41, 5.74) is 0.564. The van der Waals surface area contributed by atoms with E-state index in [1.165, 1.54) is 6.08 Å². The molecule has 0 aliphatic carbocycles. The molecule has 24 heavy (non-hydrogen) atoms. The molecule has 128 valence electrons. The quantitative estimate of drug-likeness (QED) is 0.554. The predicted molar refractivity (Wildman–Crippen MR) is 95.0 cm³/mol. The van der Waals surface area contributed by atoms with E-state index in [0.29, 0.717) is 22.0 Å². The van der Waals surface area contributed by atoms with Crippen molar-refractivity contribution in [2.24, 2.45) is 0 Å². The van der Waals surface area contributed by atoms with E-state index < -0.39 is 23.7 Å². The van der Waals surface area contributed by atoms with Gasteiger partial charge < -0.3 is 4.74 Å². The molecule has 5 nitrogen and oxygen atoms in total. The third-order valence-corrected chi connectivity index (χ3v) is 4.79. The number of thioether (sulfide) groups is 1. The summed E-state index contributed by atoms with van der Waals surface area (Å²) in [6.07, 6.45) is 1.90. The fraction of sp³-hybridized carbons (Fsp3) is 0.312. The van der Waals surface area contributed by atoms with E-state index in [-0.39, 0.29) is 11.0 Å². The van der Waals surface area contributed by atoms with Gasteiger partial charge in [0.15, 0.2) is 0 Å². The second kappa shape index (κ2) is 8.05. The number of imide groups is 1. The first kappa shape index (κ1) is 18.8. The van der Waals surface area contributed by atoms with Crippen molar-refractivity contribution in [3.8, 4) is 0 Å². The lowest BCUT2D eigenvalue weighted by atomic mass is 10.2. The zero-order valence-corrected chi connectivity index (χ0v) is 15.4. The topological polar surface area (TPSA) is 63.7 Å². The van der Waals surface area contributed by atoms with Gasteiger partial charge in [-0.3, -0.25) is 19.3 Å². The molecule has 2 rings (SSSR count). The van der Waals surface area contributed by atoms with Crippen molar-refractivity contribution in [2.75, 3.05) is 6.54 Å². The molecule has 1 saturated heterocycles. The standard InChI is InChI=1S/C16H15Cl2NO4S/c1-3-9(2)23-14(20)8-19-15(21)13(24-16(19)22)6-10-4-5-11(17)7-12(10)18/h4-7,9H,3,8H2,1-2H3/b13-6+/t9-/m1/s1. The maximum atomic E-state index is 12.3. The van der Waals surface area contributed by atoms with Crippen LogP contribution in [0.1, 0.15) is 25.8 Å². The summed E-state index contributed by atoms with van der Waals surface area (Å²) in [6, 6.07) is 4.82. The number of nitrogens with zero attached hydrogens (tertiary/aromatic N) is 1. The minimum absolute atomic E-state index is 0.195. The Bertz CT molecular complexity index is 720. The van der Waals surface area contributed by atoms with Crippen LogP contribution in [0.2, 0.25) is 10.0 Å². The maximum absolute atomic E-state index is 12.3. The summed E-state index contributed by atoms with van der Waals surface area (Å²) in [4.78, 5) is 37.2. The fourth-order valence-corrected chi connectivity index (χ4v) is 3.16. The SMILES string of the molecule is CC[C@@H](C)OC(=O)CN1C(=O)S/C(=C/c2ccc(Cl)cc2Cl)C1=O. The molecule has 0 aromatic heterocycles. The minimum Gasteiger partial charge on any atom is -0.461 e. The highest BCUT2D eigenvalue weighted by Crippen LogP contribution is 2.33. The van der Waals surface area contributed by atoms with Gasteiger partial charge in [-0.2, -0.15) is 0 Å². The Hall–Kier alpha value is -1.50. The van der Waals surface area contributed by atoms with Gasteiger partial charge in [0.1, 0.15) is 6.54 Å². The molecule has 0 spiro atoms. The summed E-state index contributed by atoms with van der Waals surface area (Å²) < 4.78 is 5.09. The van der Waals surface area contributed by atoms with Gasteiger partial charge in [0.25, 0.3) is 11.1 Å². The average molecular weight is 388 g/mol. The van der Waals surface area contributed by atoms with E-state index >= 15 is 0 Å². The van der Waals surface area contributed by atoms with Gasteiger partial charge in [0.05, 0.1) is 11.0 Å². The molecule has 1 aliphatic rings. The van der Waals surface area contributed by atoms with Crippen molar-refractivity contribution < 1.29 is 19.1 Å². The molecular weight excluding hydrogens is 373 g/mol. The molecule has 2 amide bonds. The highest BCUT2D eigenvalue weighted by molar-refractivity contribution is 8.18. The lowest BCUT2D eigenvalue weighted by molar-refractivity contribution is -0.150. The van der Waals surface area contributed by atoms with Crippen LogP contribution < -0.4 is 0 Å². The van der Waals surface area contributed by atoms with Gasteiger partial charge in [0, 0.05) is 10.0 Å². The second-order valence-electron chi connectivity index (χ2n) is 5.14. The number of halogens is 2. The molecule has 8 heteroatoms. The number of hydrogen-bond acceptors (Lipinski definition) is 5. The van der Waals surface area contributed by atoms with Gasteiger partial charge in [0.2, 0.25) is 0 Å². The van der Waals surface area contributed by atoms with Crippen LogP contribution in [0.3, 0.4) is 0 Å². The Morgan fingerprint density at radius 2 is 2.08 bits per heavy atom. The number of carbonyl (C=O) groups is 3. The zero-order valence-electron chi connectivity index (χ0n) is 13.0. The number of ether oxygens (including phenoxy) is 1. The molecule has 0 saturated carbocycles. The van der Waals surface area contributed by atoms with Crippen LogP contribution in [0, 0.1) is 0 Å². The normalized spacial score (nSPS) is 17.5. The van der Waals surface area contributed by atoms with Crippen molar-refractivity contribution in [3.05, 3.63) is 38.7 Å². The average Bonchev–Trinajstić information content (AvgIpc) is 2.77. The van der Waals surface area contributed by atoms with Crippen LogP contribution in [-0.4, -0.2) is 34.7 Å². The number of benzene rings is 1. The number of rotatable bonds is 5. The van der Waals surface area contributed by atoms with Crippen LogP contribution in [0.15, 0.2) is 23.1 Å². The van der Waals surface area contributed by atoms with Gasteiger partial charge in [-0.05, 0) is 48.9 Å². The summed E-state index contributed by atoms with van der Waals surface area (Å²) >= 11 is 12.6. The van der Waals surface area contributed by atoms with Crippen LogP contribution >= 0.6 is 35.0 Å². The van der Waals surface area contributed by atoms with Gasteiger partial charge >= 0.3 is 5.97 Å². The smallest absolute Gasteiger partial charge is 0.326 e. The van der Waals surface area contributed by atoms with E-state index in [4.69, 9.17) is 27.9 Å². The third kappa shape index (κ3) is 4.53. The highest BCUT2D eigenvalue weighted by Gasteiger charge is 2.36. The molecule has 0 unspecified atom stereocenters. The number of carbonyl (C=O) groups excluding carboxylic acids is 3. The molecule has 0 radical (unpaired) electrons. The van der Waals surface area contributed by atoms with Crippen LogP contribution in [-0.2, 0) is 14.3 Å². The Kier molecular flexibility index (Phi) is 6.32. The first-order valence-electron chi connectivity index (χ1n) is 7.21. The number of hydrogen-bond donors (Lipinski definition) is 0. The molecule has 0 N–H and O–H groups in total.